The van der Waals surface area contributed by atoms with Gasteiger partial charge in [-0.1, -0.05) is 6.07 Å². The number of amides is 1. The first kappa shape index (κ1) is 18.7. The highest BCUT2D eigenvalue weighted by atomic mass is 16.5. The quantitative estimate of drug-likeness (QED) is 0.668. The van der Waals surface area contributed by atoms with Gasteiger partial charge in [0.1, 0.15) is 0 Å². The van der Waals surface area contributed by atoms with Crippen molar-refractivity contribution in [3.05, 3.63) is 71.5 Å². The van der Waals surface area contributed by atoms with Crippen LogP contribution in [0.15, 0.2) is 54.9 Å². The number of methoxy groups -OCH3 is 2. The molecule has 7 heteroatoms. The zero-order valence-electron chi connectivity index (χ0n) is 16.3. The van der Waals surface area contributed by atoms with E-state index >= 15 is 0 Å². The molecule has 2 aromatic carbocycles. The van der Waals surface area contributed by atoms with E-state index in [0.717, 1.165) is 24.1 Å². The number of hydrogen-bond acceptors (Lipinski definition) is 6. The Morgan fingerprint density at radius 2 is 1.79 bits per heavy atom. The molecule has 1 atom stereocenters. The summed E-state index contributed by atoms with van der Waals surface area (Å²) in [6, 6.07) is 12.9. The van der Waals surface area contributed by atoms with Gasteiger partial charge in [-0.3, -0.25) is 4.79 Å². The molecule has 148 valence electrons. The van der Waals surface area contributed by atoms with Crippen LogP contribution in [-0.4, -0.2) is 30.1 Å². The molecular weight excluding hydrogens is 368 g/mol. The molecule has 1 amide bonds. The lowest BCUT2D eigenvalue weighted by Crippen LogP contribution is -2.27. The summed E-state index contributed by atoms with van der Waals surface area (Å²) in [5.41, 5.74) is 3.56. The third kappa shape index (κ3) is 3.99. The van der Waals surface area contributed by atoms with E-state index in [9.17, 15) is 4.79 Å². The number of rotatable bonds is 6. The Labute approximate surface area is 169 Å². The first-order valence-corrected chi connectivity index (χ1v) is 9.37. The van der Waals surface area contributed by atoms with Crippen LogP contribution in [0.3, 0.4) is 0 Å². The lowest BCUT2D eigenvalue weighted by molar-refractivity contribution is 0.0936. The van der Waals surface area contributed by atoms with Crippen molar-refractivity contribution < 1.29 is 14.3 Å². The van der Waals surface area contributed by atoms with E-state index in [0.29, 0.717) is 23.0 Å². The number of anilines is 2. The summed E-state index contributed by atoms with van der Waals surface area (Å²) in [6.45, 7) is 0. The van der Waals surface area contributed by atoms with Gasteiger partial charge in [-0.05, 0) is 60.4 Å². The van der Waals surface area contributed by atoms with Crippen LogP contribution in [0.2, 0.25) is 0 Å². The summed E-state index contributed by atoms with van der Waals surface area (Å²) in [5.74, 6) is 1.73. The third-order valence-corrected chi connectivity index (χ3v) is 4.98. The fourth-order valence-corrected chi connectivity index (χ4v) is 3.56. The number of nitrogens with zero attached hydrogens (tertiary/aromatic N) is 2. The average molecular weight is 390 g/mol. The smallest absolute Gasteiger partial charge is 0.251 e. The van der Waals surface area contributed by atoms with Crippen LogP contribution in [0, 0.1) is 0 Å². The summed E-state index contributed by atoms with van der Waals surface area (Å²) in [7, 11) is 3.24. The van der Waals surface area contributed by atoms with Gasteiger partial charge in [-0.25, -0.2) is 9.97 Å². The van der Waals surface area contributed by atoms with Crippen molar-refractivity contribution in [3.8, 4) is 11.5 Å². The second kappa shape index (κ2) is 8.18. The van der Waals surface area contributed by atoms with Gasteiger partial charge < -0.3 is 20.1 Å². The number of hydrogen-bond donors (Lipinski definition) is 2. The minimum Gasteiger partial charge on any atom is -0.493 e. The van der Waals surface area contributed by atoms with Crippen LogP contribution in [0.1, 0.15) is 33.9 Å². The predicted molar refractivity (Wildman–Crippen MR) is 110 cm³/mol. The summed E-state index contributed by atoms with van der Waals surface area (Å²) >= 11 is 0. The number of carbonyl (C=O) groups excluding carboxylic acids is 1. The molecule has 0 saturated carbocycles. The molecule has 0 radical (unpaired) electrons. The molecule has 1 aliphatic carbocycles. The lowest BCUT2D eigenvalue weighted by Gasteiger charge is -2.16. The van der Waals surface area contributed by atoms with Crippen molar-refractivity contribution in [2.75, 3.05) is 19.5 Å². The Kier molecular flexibility index (Phi) is 5.29. The highest BCUT2D eigenvalue weighted by molar-refractivity contribution is 5.95. The number of ether oxygens (including phenoxy) is 2. The van der Waals surface area contributed by atoms with Crippen molar-refractivity contribution in [2.45, 2.75) is 18.9 Å². The molecule has 0 spiro atoms. The number of aromatic nitrogens is 2. The zero-order chi connectivity index (χ0) is 20.2. The summed E-state index contributed by atoms with van der Waals surface area (Å²) in [5, 5.41) is 6.24. The van der Waals surface area contributed by atoms with E-state index in [1.807, 2.05) is 24.3 Å². The van der Waals surface area contributed by atoms with Crippen molar-refractivity contribution in [1.29, 1.82) is 0 Å². The van der Waals surface area contributed by atoms with Crippen molar-refractivity contribution >= 4 is 17.5 Å². The maximum absolute atomic E-state index is 12.9. The molecule has 1 aromatic heterocycles. The second-order valence-corrected chi connectivity index (χ2v) is 6.75. The molecule has 4 rings (SSSR count). The predicted octanol–water partition coefficient (Wildman–Crippen LogP) is 3.65. The number of benzene rings is 2. The van der Waals surface area contributed by atoms with Gasteiger partial charge in [-0.15, -0.1) is 0 Å². The van der Waals surface area contributed by atoms with E-state index in [1.54, 1.807) is 44.8 Å². The highest BCUT2D eigenvalue weighted by Gasteiger charge is 2.26. The first-order valence-electron chi connectivity index (χ1n) is 9.37. The summed E-state index contributed by atoms with van der Waals surface area (Å²) < 4.78 is 10.8. The van der Waals surface area contributed by atoms with Gasteiger partial charge in [0.15, 0.2) is 11.5 Å². The van der Waals surface area contributed by atoms with Crippen molar-refractivity contribution in [1.82, 2.24) is 15.3 Å². The molecule has 1 aliphatic rings. The van der Waals surface area contributed by atoms with E-state index in [2.05, 4.69) is 20.6 Å². The van der Waals surface area contributed by atoms with E-state index in [4.69, 9.17) is 9.47 Å². The summed E-state index contributed by atoms with van der Waals surface area (Å²) in [6.07, 6.45) is 5.04. The number of nitrogens with one attached hydrogen (secondary N) is 2. The molecule has 1 heterocycles. The molecule has 0 saturated heterocycles. The molecular formula is C22H22N4O3. The standard InChI is InChI=1S/C22H22N4O3/c1-28-19-12-14-7-8-18(17(14)13-20(19)29-2)26-21(27)15-5-3-6-16(11-15)25-22-23-9-4-10-24-22/h3-6,9-13,18H,7-8H2,1-2H3,(H,26,27)(H,23,24,25)/t18-/m0/s1. The van der Waals surface area contributed by atoms with Crippen molar-refractivity contribution in [2.24, 2.45) is 0 Å². The maximum atomic E-state index is 12.9. The number of carbonyl (C=O) groups is 1. The van der Waals surface area contributed by atoms with E-state index in [1.165, 1.54) is 5.56 Å². The van der Waals surface area contributed by atoms with Gasteiger partial charge in [0.25, 0.3) is 5.91 Å². The normalized spacial score (nSPS) is 14.8. The van der Waals surface area contributed by atoms with Crippen LogP contribution >= 0.6 is 0 Å². The molecule has 7 nitrogen and oxygen atoms in total. The zero-order valence-corrected chi connectivity index (χ0v) is 16.3. The Balaban J connectivity index is 1.51. The van der Waals surface area contributed by atoms with Crippen LogP contribution in [0.25, 0.3) is 0 Å². The molecule has 0 unspecified atom stereocenters. The van der Waals surface area contributed by atoms with E-state index < -0.39 is 0 Å². The first-order chi connectivity index (χ1) is 14.2. The molecule has 0 bridgehead atoms. The highest BCUT2D eigenvalue weighted by Crippen LogP contribution is 2.39. The SMILES string of the molecule is COc1cc2c(cc1OC)[C@@H](NC(=O)c1cccc(Nc3ncccn3)c1)CC2. The Hall–Kier alpha value is -3.61. The largest absolute Gasteiger partial charge is 0.493 e. The molecule has 2 N–H and O–H groups in total. The van der Waals surface area contributed by atoms with Gasteiger partial charge in [-0.2, -0.15) is 0 Å². The Bertz CT molecular complexity index is 1020. The minimum absolute atomic E-state index is 0.0635. The Morgan fingerprint density at radius 3 is 2.55 bits per heavy atom. The minimum atomic E-state index is -0.129. The van der Waals surface area contributed by atoms with Crippen LogP contribution in [0.4, 0.5) is 11.6 Å². The number of fused-ring (bicyclic) bond motifs is 1. The molecule has 29 heavy (non-hydrogen) atoms. The summed E-state index contributed by atoms with van der Waals surface area (Å²) in [4.78, 5) is 21.2. The van der Waals surface area contributed by atoms with Gasteiger partial charge in [0, 0.05) is 23.6 Å². The van der Waals surface area contributed by atoms with Gasteiger partial charge in [0.05, 0.1) is 20.3 Å². The van der Waals surface area contributed by atoms with Gasteiger partial charge >= 0.3 is 0 Å². The Morgan fingerprint density at radius 1 is 1.03 bits per heavy atom. The third-order valence-electron chi connectivity index (χ3n) is 4.98. The van der Waals surface area contributed by atoms with Crippen LogP contribution in [0.5, 0.6) is 11.5 Å². The monoisotopic (exact) mass is 390 g/mol. The van der Waals surface area contributed by atoms with Crippen molar-refractivity contribution in [3.63, 3.8) is 0 Å². The number of aryl methyl sites for hydroxylation is 1. The lowest BCUT2D eigenvalue weighted by atomic mass is 10.1. The molecule has 0 fully saturated rings. The van der Waals surface area contributed by atoms with Gasteiger partial charge in [0.2, 0.25) is 5.95 Å². The second-order valence-electron chi connectivity index (χ2n) is 6.75. The topological polar surface area (TPSA) is 85.4 Å². The fraction of sp³-hybridized carbons (Fsp3) is 0.227. The molecule has 3 aromatic rings. The van der Waals surface area contributed by atoms with Crippen LogP contribution in [-0.2, 0) is 6.42 Å². The van der Waals surface area contributed by atoms with Crippen LogP contribution < -0.4 is 20.1 Å². The molecule has 0 aliphatic heterocycles. The average Bonchev–Trinajstić information content (AvgIpc) is 3.15. The maximum Gasteiger partial charge on any atom is 0.251 e. The fourth-order valence-electron chi connectivity index (χ4n) is 3.56. The van der Waals surface area contributed by atoms with E-state index in [-0.39, 0.29) is 11.9 Å².